The van der Waals surface area contributed by atoms with E-state index in [0.29, 0.717) is 12.6 Å². The number of likely N-dealkylation sites (N-methyl/N-ethyl adjacent to an activating group) is 1. The van der Waals surface area contributed by atoms with Crippen LogP contribution in [0.25, 0.3) is 0 Å². The van der Waals surface area contributed by atoms with E-state index in [1.54, 1.807) is 5.56 Å². The van der Waals surface area contributed by atoms with Gasteiger partial charge >= 0.3 is 0 Å². The Morgan fingerprint density at radius 3 is 2.63 bits per heavy atom. The number of unbranched alkanes of at least 4 members (excludes halogenated alkanes) is 2. The fourth-order valence-corrected chi connectivity index (χ4v) is 2.89. The molecule has 1 aliphatic rings. The van der Waals surface area contributed by atoms with Crippen molar-refractivity contribution in [2.45, 2.75) is 51.0 Å². The lowest BCUT2D eigenvalue weighted by molar-refractivity contribution is 0.244. The summed E-state index contributed by atoms with van der Waals surface area (Å²) in [5, 5.41) is 0. The first-order valence-electron chi connectivity index (χ1n) is 7.77. The Morgan fingerprint density at radius 1 is 1.26 bits per heavy atom. The van der Waals surface area contributed by atoms with Gasteiger partial charge < -0.3 is 5.73 Å². The van der Waals surface area contributed by atoms with E-state index >= 15 is 0 Å². The summed E-state index contributed by atoms with van der Waals surface area (Å²) in [6, 6.07) is 9.29. The summed E-state index contributed by atoms with van der Waals surface area (Å²) in [6.07, 6.45) is 6.57. The monoisotopic (exact) mass is 260 g/mol. The number of benzene rings is 1. The summed E-state index contributed by atoms with van der Waals surface area (Å²) in [4.78, 5) is 2.44. The largest absolute Gasteiger partial charge is 0.329 e. The van der Waals surface area contributed by atoms with Crippen molar-refractivity contribution in [1.82, 2.24) is 4.90 Å². The Balaban J connectivity index is 2.07. The van der Waals surface area contributed by atoms with Gasteiger partial charge in [-0.25, -0.2) is 0 Å². The summed E-state index contributed by atoms with van der Waals surface area (Å²) in [5.41, 5.74) is 9.06. The number of hydrogen-bond donors (Lipinski definition) is 1. The molecule has 0 heterocycles. The predicted octanol–water partition coefficient (Wildman–Crippen LogP) is 3.69. The minimum Gasteiger partial charge on any atom is -0.329 e. The van der Waals surface area contributed by atoms with Gasteiger partial charge in [-0.1, -0.05) is 44.0 Å². The predicted molar refractivity (Wildman–Crippen MR) is 82.4 cm³/mol. The normalized spacial score (nSPS) is 16.8. The number of hydrogen-bond acceptors (Lipinski definition) is 2. The molecule has 2 heteroatoms. The van der Waals surface area contributed by atoms with Gasteiger partial charge in [0, 0.05) is 12.6 Å². The van der Waals surface area contributed by atoms with Crippen LogP contribution < -0.4 is 5.73 Å². The topological polar surface area (TPSA) is 29.3 Å². The van der Waals surface area contributed by atoms with Crippen molar-refractivity contribution >= 4 is 0 Å². The fraction of sp³-hybridized carbons (Fsp3) is 0.647. The van der Waals surface area contributed by atoms with Gasteiger partial charge in [-0.3, -0.25) is 4.90 Å². The highest BCUT2D eigenvalue weighted by Gasteiger charge is 2.28. The van der Waals surface area contributed by atoms with Gasteiger partial charge in [0.15, 0.2) is 0 Å². The molecule has 0 amide bonds. The van der Waals surface area contributed by atoms with E-state index in [4.69, 9.17) is 5.73 Å². The Kier molecular flexibility index (Phi) is 5.41. The zero-order chi connectivity index (χ0) is 13.7. The first-order chi connectivity index (χ1) is 9.27. The maximum Gasteiger partial charge on any atom is 0.0470 e. The van der Waals surface area contributed by atoms with Crippen molar-refractivity contribution in [1.29, 1.82) is 0 Å². The highest BCUT2D eigenvalue weighted by atomic mass is 15.1. The first kappa shape index (κ1) is 14.5. The van der Waals surface area contributed by atoms with Crippen molar-refractivity contribution in [2.75, 3.05) is 20.1 Å². The van der Waals surface area contributed by atoms with Crippen molar-refractivity contribution in [3.63, 3.8) is 0 Å². The quantitative estimate of drug-likeness (QED) is 0.722. The highest BCUT2D eigenvalue weighted by Crippen LogP contribution is 2.43. The zero-order valence-electron chi connectivity index (χ0n) is 12.4. The van der Waals surface area contributed by atoms with E-state index in [9.17, 15) is 0 Å². The van der Waals surface area contributed by atoms with Crippen molar-refractivity contribution in [3.05, 3.63) is 35.4 Å². The molecular formula is C17H28N2. The molecule has 1 fully saturated rings. The fourth-order valence-electron chi connectivity index (χ4n) is 2.89. The number of nitrogens with two attached hydrogens (primary N) is 1. The molecule has 2 rings (SSSR count). The molecule has 1 saturated carbocycles. The lowest BCUT2D eigenvalue weighted by Gasteiger charge is -2.29. The minimum atomic E-state index is 0.383. The maximum absolute atomic E-state index is 6.06. The minimum absolute atomic E-state index is 0.383. The van der Waals surface area contributed by atoms with Gasteiger partial charge in [0.1, 0.15) is 0 Å². The molecule has 2 N–H and O–H groups in total. The Bertz CT molecular complexity index is 385. The van der Waals surface area contributed by atoms with Gasteiger partial charge in [0.05, 0.1) is 0 Å². The molecular weight excluding hydrogens is 232 g/mol. The molecule has 1 atom stereocenters. The molecule has 0 aliphatic heterocycles. The van der Waals surface area contributed by atoms with Crippen LogP contribution in [0.5, 0.6) is 0 Å². The zero-order valence-corrected chi connectivity index (χ0v) is 12.4. The molecule has 1 aliphatic carbocycles. The summed E-state index contributed by atoms with van der Waals surface area (Å²) < 4.78 is 0. The molecule has 19 heavy (non-hydrogen) atoms. The van der Waals surface area contributed by atoms with Crippen LogP contribution in [0, 0.1) is 0 Å². The SMILES string of the molecule is CCCCCN(C)C(CN)c1ccccc1C1CC1. The number of nitrogens with zero attached hydrogens (tertiary/aromatic N) is 1. The van der Waals surface area contributed by atoms with E-state index < -0.39 is 0 Å². The van der Waals surface area contributed by atoms with Crippen LogP contribution in [0.1, 0.15) is 62.1 Å². The molecule has 0 saturated heterocycles. The molecule has 1 unspecified atom stereocenters. The molecule has 0 radical (unpaired) electrons. The van der Waals surface area contributed by atoms with Crippen LogP contribution >= 0.6 is 0 Å². The van der Waals surface area contributed by atoms with Gasteiger partial charge in [-0.2, -0.15) is 0 Å². The number of rotatable bonds is 8. The van der Waals surface area contributed by atoms with Crippen molar-refractivity contribution < 1.29 is 0 Å². The van der Waals surface area contributed by atoms with Crippen molar-refractivity contribution in [2.24, 2.45) is 5.73 Å². The molecule has 0 aromatic heterocycles. The van der Waals surface area contributed by atoms with Gasteiger partial charge in [0.25, 0.3) is 0 Å². The molecule has 0 bridgehead atoms. The molecule has 106 valence electrons. The van der Waals surface area contributed by atoms with E-state index in [1.807, 2.05) is 0 Å². The van der Waals surface area contributed by atoms with Gasteiger partial charge in [-0.15, -0.1) is 0 Å². The Hall–Kier alpha value is -0.860. The van der Waals surface area contributed by atoms with Gasteiger partial charge in [-0.05, 0) is 49.9 Å². The molecule has 0 spiro atoms. The standard InChI is InChI=1S/C17H28N2/c1-3-4-7-12-19(2)17(13-18)16-9-6-5-8-15(16)14-10-11-14/h5-6,8-9,14,17H,3-4,7,10-13,18H2,1-2H3. The second-order valence-corrected chi connectivity index (χ2v) is 5.84. The third-order valence-electron chi connectivity index (χ3n) is 4.24. The highest BCUT2D eigenvalue weighted by molar-refractivity contribution is 5.35. The van der Waals surface area contributed by atoms with Gasteiger partial charge in [0.2, 0.25) is 0 Å². The lowest BCUT2D eigenvalue weighted by atomic mass is 9.96. The van der Waals surface area contributed by atoms with E-state index in [1.165, 1.54) is 37.7 Å². The van der Waals surface area contributed by atoms with E-state index in [2.05, 4.69) is 43.1 Å². The third-order valence-corrected chi connectivity index (χ3v) is 4.24. The van der Waals surface area contributed by atoms with E-state index in [-0.39, 0.29) is 0 Å². The molecule has 1 aromatic rings. The summed E-state index contributed by atoms with van der Waals surface area (Å²) in [7, 11) is 2.22. The average Bonchev–Trinajstić information content (AvgIpc) is 3.25. The van der Waals surface area contributed by atoms with Crippen LogP contribution in [0.2, 0.25) is 0 Å². The maximum atomic E-state index is 6.06. The van der Waals surface area contributed by atoms with Crippen molar-refractivity contribution in [3.8, 4) is 0 Å². The van der Waals surface area contributed by atoms with Crippen LogP contribution in [0.3, 0.4) is 0 Å². The summed E-state index contributed by atoms with van der Waals surface area (Å²) >= 11 is 0. The smallest absolute Gasteiger partial charge is 0.0470 e. The molecule has 2 nitrogen and oxygen atoms in total. The average molecular weight is 260 g/mol. The molecule has 1 aromatic carbocycles. The van der Waals surface area contributed by atoms with Crippen LogP contribution in [0.15, 0.2) is 24.3 Å². The summed E-state index contributed by atoms with van der Waals surface area (Å²) in [5.74, 6) is 0.800. The second-order valence-electron chi connectivity index (χ2n) is 5.84. The first-order valence-corrected chi connectivity index (χ1v) is 7.77. The lowest BCUT2D eigenvalue weighted by Crippen LogP contribution is -2.32. The third kappa shape index (κ3) is 3.80. The Labute approximate surface area is 118 Å². The van der Waals surface area contributed by atoms with Crippen LogP contribution in [0.4, 0.5) is 0 Å². The van der Waals surface area contributed by atoms with E-state index in [0.717, 1.165) is 12.5 Å². The van der Waals surface area contributed by atoms with Crippen LogP contribution in [-0.4, -0.2) is 25.0 Å². The Morgan fingerprint density at radius 2 is 2.00 bits per heavy atom. The second kappa shape index (κ2) is 7.06. The van der Waals surface area contributed by atoms with Crippen LogP contribution in [-0.2, 0) is 0 Å². The summed E-state index contributed by atoms with van der Waals surface area (Å²) in [6.45, 7) is 4.11.